The number of hydrogen-bond acceptors (Lipinski definition) is 3. The monoisotopic (exact) mass is 339 g/mol. The van der Waals surface area contributed by atoms with Gasteiger partial charge >= 0.3 is 0 Å². The van der Waals surface area contributed by atoms with Crippen LogP contribution in [0.25, 0.3) is 0 Å². The van der Waals surface area contributed by atoms with E-state index in [9.17, 15) is 0 Å². The number of benzene rings is 1. The summed E-state index contributed by atoms with van der Waals surface area (Å²) < 4.78 is 1.10. The Bertz CT molecular complexity index is 435. The zero-order valence-electron chi connectivity index (χ0n) is 12.5. The minimum Gasteiger partial charge on any atom is -0.378 e. The fourth-order valence-electron chi connectivity index (χ4n) is 2.98. The first-order valence-corrected chi connectivity index (χ1v) is 8.32. The molecule has 1 saturated heterocycles. The molecule has 0 amide bonds. The number of anilines is 1. The van der Waals surface area contributed by atoms with Gasteiger partial charge < -0.3 is 16.0 Å². The van der Waals surface area contributed by atoms with Gasteiger partial charge in [-0.3, -0.25) is 0 Å². The Hall–Kier alpha value is -0.580. The molecule has 3 nitrogen and oxygen atoms in total. The molecule has 1 fully saturated rings. The Morgan fingerprint density at radius 3 is 2.80 bits per heavy atom. The minimum absolute atomic E-state index is 0.0322. The van der Waals surface area contributed by atoms with Crippen LogP contribution in [0.3, 0.4) is 0 Å². The van der Waals surface area contributed by atoms with Crippen molar-refractivity contribution in [1.82, 2.24) is 4.90 Å². The number of rotatable bonds is 4. The molecule has 2 rings (SSSR count). The second-order valence-electron chi connectivity index (χ2n) is 6.10. The topological polar surface area (TPSA) is 41.3 Å². The lowest BCUT2D eigenvalue weighted by Crippen LogP contribution is -2.46. The third-order valence-corrected chi connectivity index (χ3v) is 4.83. The molecule has 0 bridgehead atoms. The van der Waals surface area contributed by atoms with Crippen LogP contribution in [-0.2, 0) is 0 Å². The maximum Gasteiger partial charge on any atom is 0.0508 e. The van der Waals surface area contributed by atoms with Crippen LogP contribution >= 0.6 is 15.9 Å². The van der Waals surface area contributed by atoms with Crippen LogP contribution in [0.4, 0.5) is 5.69 Å². The molecule has 0 radical (unpaired) electrons. The molecule has 1 aromatic rings. The minimum atomic E-state index is 0.0322. The lowest BCUT2D eigenvalue weighted by atomic mass is 9.90. The van der Waals surface area contributed by atoms with E-state index in [-0.39, 0.29) is 5.54 Å². The quantitative estimate of drug-likeness (QED) is 0.882. The predicted octanol–water partition coefficient (Wildman–Crippen LogP) is 3.45. The highest BCUT2D eigenvalue weighted by atomic mass is 79.9. The summed E-state index contributed by atoms with van der Waals surface area (Å²) in [5, 5.41) is 3.70. The average molecular weight is 340 g/mol. The molecular weight excluding hydrogens is 314 g/mol. The Labute approximate surface area is 131 Å². The predicted molar refractivity (Wildman–Crippen MR) is 90.1 cm³/mol. The number of hydrogen-bond donors (Lipinski definition) is 2. The lowest BCUT2D eigenvalue weighted by molar-refractivity contribution is 0.227. The van der Waals surface area contributed by atoms with Gasteiger partial charge in [-0.15, -0.1) is 0 Å². The molecule has 1 aliphatic rings. The molecule has 4 heteroatoms. The first-order valence-electron chi connectivity index (χ1n) is 7.52. The molecule has 0 aliphatic carbocycles. The number of nitrogens with one attached hydrogen (secondary N) is 1. The fraction of sp³-hybridized carbons (Fsp3) is 0.625. The third kappa shape index (κ3) is 3.96. The van der Waals surface area contributed by atoms with Crippen LogP contribution in [0.1, 0.15) is 33.1 Å². The zero-order valence-corrected chi connectivity index (χ0v) is 14.1. The summed E-state index contributed by atoms with van der Waals surface area (Å²) in [6.07, 6.45) is 3.45. The molecule has 1 unspecified atom stereocenters. The largest absolute Gasteiger partial charge is 0.378 e. The summed E-state index contributed by atoms with van der Waals surface area (Å²) in [4.78, 5) is 2.56. The van der Waals surface area contributed by atoms with Crippen molar-refractivity contribution in [3.63, 3.8) is 0 Å². The normalized spacial score (nSPS) is 24.6. The molecule has 3 N–H and O–H groups in total. The van der Waals surface area contributed by atoms with Gasteiger partial charge in [0.2, 0.25) is 0 Å². The highest BCUT2D eigenvalue weighted by molar-refractivity contribution is 9.10. The zero-order chi connectivity index (χ0) is 14.6. The van der Waals surface area contributed by atoms with Crippen molar-refractivity contribution in [3.05, 3.63) is 28.7 Å². The summed E-state index contributed by atoms with van der Waals surface area (Å²) in [5.74, 6) is 0. The molecule has 1 aromatic carbocycles. The van der Waals surface area contributed by atoms with Crippen LogP contribution in [0, 0.1) is 0 Å². The summed E-state index contributed by atoms with van der Waals surface area (Å²) in [5.41, 5.74) is 7.31. The van der Waals surface area contributed by atoms with E-state index in [2.05, 4.69) is 58.2 Å². The number of nitrogens with two attached hydrogens (primary N) is 1. The van der Waals surface area contributed by atoms with Gasteiger partial charge in [0.05, 0.1) is 5.54 Å². The van der Waals surface area contributed by atoms with E-state index in [4.69, 9.17) is 5.73 Å². The highest BCUT2D eigenvalue weighted by Gasteiger charge is 2.31. The van der Waals surface area contributed by atoms with Crippen LogP contribution in [0.15, 0.2) is 28.7 Å². The van der Waals surface area contributed by atoms with Gasteiger partial charge in [-0.2, -0.15) is 0 Å². The molecule has 20 heavy (non-hydrogen) atoms. The molecule has 0 spiro atoms. The average Bonchev–Trinajstić information content (AvgIpc) is 2.62. The molecule has 112 valence electrons. The van der Waals surface area contributed by atoms with E-state index < -0.39 is 0 Å². The van der Waals surface area contributed by atoms with Crippen LogP contribution < -0.4 is 11.1 Å². The summed E-state index contributed by atoms with van der Waals surface area (Å²) in [6.45, 7) is 7.54. The van der Waals surface area contributed by atoms with Gasteiger partial charge in [0.25, 0.3) is 0 Å². The van der Waals surface area contributed by atoms with E-state index in [1.165, 1.54) is 13.0 Å². The van der Waals surface area contributed by atoms with Crippen LogP contribution in [-0.4, -0.2) is 36.1 Å². The van der Waals surface area contributed by atoms with E-state index in [1.54, 1.807) is 0 Å². The number of nitrogens with zero attached hydrogens (tertiary/aromatic N) is 1. The van der Waals surface area contributed by atoms with E-state index >= 15 is 0 Å². The second-order valence-corrected chi connectivity index (χ2v) is 7.02. The van der Waals surface area contributed by atoms with Crippen molar-refractivity contribution in [1.29, 1.82) is 0 Å². The van der Waals surface area contributed by atoms with Gasteiger partial charge in [0, 0.05) is 29.3 Å². The van der Waals surface area contributed by atoms with E-state index in [0.717, 1.165) is 29.5 Å². The number of halogens is 1. The SMILES string of the molecule is CC(C)N1CCCC(CN)(Nc2cccc(Br)c2)CC1. The molecule has 1 aliphatic heterocycles. The Morgan fingerprint density at radius 2 is 2.15 bits per heavy atom. The van der Waals surface area contributed by atoms with Crippen molar-refractivity contribution >= 4 is 21.6 Å². The Kier molecular flexibility index (Phi) is 5.47. The second kappa shape index (κ2) is 6.92. The standard InChI is InChI=1S/C16H26BrN3/c1-13(2)20-9-4-7-16(12-18,8-10-20)19-15-6-3-5-14(17)11-15/h3,5-6,11,13,19H,4,7-10,12,18H2,1-2H3. The van der Waals surface area contributed by atoms with Crippen LogP contribution in [0.5, 0.6) is 0 Å². The van der Waals surface area contributed by atoms with Gasteiger partial charge in [-0.1, -0.05) is 22.0 Å². The maximum absolute atomic E-state index is 6.12. The molecule has 0 saturated carbocycles. The summed E-state index contributed by atoms with van der Waals surface area (Å²) in [7, 11) is 0. The van der Waals surface area contributed by atoms with Crippen molar-refractivity contribution in [2.24, 2.45) is 5.73 Å². The smallest absolute Gasteiger partial charge is 0.0508 e. The fourth-order valence-corrected chi connectivity index (χ4v) is 3.38. The summed E-state index contributed by atoms with van der Waals surface area (Å²) >= 11 is 3.53. The summed E-state index contributed by atoms with van der Waals surface area (Å²) in [6, 6.07) is 8.98. The first kappa shape index (κ1) is 15.8. The molecule has 1 atom stereocenters. The maximum atomic E-state index is 6.12. The van der Waals surface area contributed by atoms with Gasteiger partial charge in [0.1, 0.15) is 0 Å². The van der Waals surface area contributed by atoms with Gasteiger partial charge in [0.15, 0.2) is 0 Å². The number of likely N-dealkylation sites (tertiary alicyclic amines) is 1. The lowest BCUT2D eigenvalue weighted by Gasteiger charge is -2.34. The molecule has 1 heterocycles. The van der Waals surface area contributed by atoms with Crippen molar-refractivity contribution in [2.75, 3.05) is 25.0 Å². The van der Waals surface area contributed by atoms with Crippen LogP contribution in [0.2, 0.25) is 0 Å². The third-order valence-electron chi connectivity index (χ3n) is 4.33. The highest BCUT2D eigenvalue weighted by Crippen LogP contribution is 2.28. The van der Waals surface area contributed by atoms with Gasteiger partial charge in [-0.05, 0) is 57.9 Å². The Balaban J connectivity index is 2.09. The van der Waals surface area contributed by atoms with Crippen molar-refractivity contribution in [2.45, 2.75) is 44.7 Å². The molecular formula is C16H26BrN3. The Morgan fingerprint density at radius 1 is 1.35 bits per heavy atom. The molecule has 0 aromatic heterocycles. The van der Waals surface area contributed by atoms with E-state index in [1.807, 2.05) is 6.07 Å². The van der Waals surface area contributed by atoms with Gasteiger partial charge in [-0.25, -0.2) is 0 Å². The van der Waals surface area contributed by atoms with Crippen molar-refractivity contribution < 1.29 is 0 Å². The van der Waals surface area contributed by atoms with E-state index in [0.29, 0.717) is 12.6 Å². The first-order chi connectivity index (χ1) is 9.54. The van der Waals surface area contributed by atoms with Crippen molar-refractivity contribution in [3.8, 4) is 0 Å².